The number of methoxy groups -OCH3 is 3. The van der Waals surface area contributed by atoms with Gasteiger partial charge in [-0.05, 0) is 48.2 Å². The van der Waals surface area contributed by atoms with Crippen LogP contribution in [0.15, 0.2) is 47.8 Å². The molecular weight excluding hydrogens is 398 g/mol. The number of esters is 1. The van der Waals surface area contributed by atoms with Crippen molar-refractivity contribution in [1.82, 2.24) is 0 Å². The number of oxime groups is 1. The van der Waals surface area contributed by atoms with Crippen molar-refractivity contribution in [2.45, 2.75) is 20.5 Å². The highest BCUT2D eigenvalue weighted by atomic mass is 16.6. The lowest BCUT2D eigenvalue weighted by molar-refractivity contribution is -0.133. The van der Waals surface area contributed by atoms with Crippen LogP contribution in [0.5, 0.6) is 5.75 Å². The minimum absolute atomic E-state index is 0.269. The van der Waals surface area contributed by atoms with Crippen LogP contribution in [0, 0.1) is 13.8 Å². The summed E-state index contributed by atoms with van der Waals surface area (Å²) in [6.45, 7) is 4.55. The fourth-order valence-electron chi connectivity index (χ4n) is 3.17. The predicted molar refractivity (Wildman–Crippen MR) is 119 cm³/mol. The molecule has 166 valence electrons. The van der Waals surface area contributed by atoms with Gasteiger partial charge in [0.1, 0.15) is 30.8 Å². The third kappa shape index (κ3) is 6.08. The lowest BCUT2D eigenvalue weighted by atomic mass is 10.00. The second-order valence-corrected chi connectivity index (χ2v) is 6.79. The summed E-state index contributed by atoms with van der Waals surface area (Å²) >= 11 is 0. The molecule has 2 rings (SSSR count). The highest BCUT2D eigenvalue weighted by molar-refractivity contribution is 6.16. The molecule has 0 aliphatic rings. The number of carbonyl (C=O) groups is 1. The summed E-state index contributed by atoms with van der Waals surface area (Å²) in [4.78, 5) is 17.1. The molecule has 0 fully saturated rings. The monoisotopic (exact) mass is 427 g/mol. The summed E-state index contributed by atoms with van der Waals surface area (Å²) in [5.74, 6) is 0.259. The van der Waals surface area contributed by atoms with E-state index in [2.05, 4.69) is 5.16 Å². The standard InChI is InChI=1S/C24H29NO6/c1-16-12-23(17(2)11-20(16)22(15-28-4)25-30-6)31-13-18-9-7-8-10-19(18)21(14-27-3)24(26)29-5/h7-12,14H,13,15H2,1-6H3/b21-14-,25-22+. The van der Waals surface area contributed by atoms with Gasteiger partial charge in [-0.15, -0.1) is 0 Å². The fourth-order valence-corrected chi connectivity index (χ4v) is 3.17. The summed E-state index contributed by atoms with van der Waals surface area (Å²) in [6, 6.07) is 11.4. The van der Waals surface area contributed by atoms with E-state index in [9.17, 15) is 4.79 Å². The quantitative estimate of drug-likeness (QED) is 0.187. The van der Waals surface area contributed by atoms with Crippen LogP contribution in [0.2, 0.25) is 0 Å². The van der Waals surface area contributed by atoms with Gasteiger partial charge in [-0.2, -0.15) is 0 Å². The largest absolute Gasteiger partial charge is 0.503 e. The zero-order valence-electron chi connectivity index (χ0n) is 18.9. The van der Waals surface area contributed by atoms with Crippen LogP contribution >= 0.6 is 0 Å². The zero-order valence-corrected chi connectivity index (χ0v) is 18.9. The molecule has 0 N–H and O–H groups in total. The van der Waals surface area contributed by atoms with Gasteiger partial charge in [-0.1, -0.05) is 29.4 Å². The maximum atomic E-state index is 12.2. The highest BCUT2D eigenvalue weighted by Gasteiger charge is 2.18. The minimum atomic E-state index is -0.478. The Kier molecular flexibility index (Phi) is 9.09. The van der Waals surface area contributed by atoms with Gasteiger partial charge in [0.2, 0.25) is 0 Å². The molecule has 0 saturated heterocycles. The number of ether oxygens (including phenoxy) is 4. The number of aryl methyl sites for hydroxylation is 2. The van der Waals surface area contributed by atoms with Crippen LogP contribution in [0.4, 0.5) is 0 Å². The van der Waals surface area contributed by atoms with Crippen molar-refractivity contribution in [1.29, 1.82) is 0 Å². The van der Waals surface area contributed by atoms with E-state index in [1.165, 1.54) is 27.6 Å². The average Bonchev–Trinajstić information content (AvgIpc) is 2.77. The Labute approximate surface area is 183 Å². The lowest BCUT2D eigenvalue weighted by Gasteiger charge is -2.16. The molecule has 7 heteroatoms. The van der Waals surface area contributed by atoms with Crippen molar-refractivity contribution >= 4 is 17.3 Å². The zero-order chi connectivity index (χ0) is 22.8. The maximum Gasteiger partial charge on any atom is 0.341 e. The van der Waals surface area contributed by atoms with Crippen LogP contribution in [0.1, 0.15) is 27.8 Å². The molecule has 0 heterocycles. The normalized spacial score (nSPS) is 11.8. The minimum Gasteiger partial charge on any atom is -0.503 e. The van der Waals surface area contributed by atoms with Gasteiger partial charge in [-0.3, -0.25) is 0 Å². The van der Waals surface area contributed by atoms with E-state index in [0.29, 0.717) is 23.5 Å². The van der Waals surface area contributed by atoms with Crippen molar-refractivity contribution in [3.8, 4) is 5.75 Å². The predicted octanol–water partition coefficient (Wildman–Crippen LogP) is 4.04. The molecule has 0 amide bonds. The van der Waals surface area contributed by atoms with Gasteiger partial charge >= 0.3 is 5.97 Å². The molecule has 0 bridgehead atoms. The summed E-state index contributed by atoms with van der Waals surface area (Å²) < 4.78 is 21.3. The lowest BCUT2D eigenvalue weighted by Crippen LogP contribution is -2.12. The average molecular weight is 427 g/mol. The van der Waals surface area contributed by atoms with Gasteiger partial charge in [0.25, 0.3) is 0 Å². The number of carbonyl (C=O) groups excluding carboxylic acids is 1. The Balaban J connectivity index is 2.32. The number of hydrogen-bond acceptors (Lipinski definition) is 7. The summed E-state index contributed by atoms with van der Waals surface area (Å²) in [5.41, 5.74) is 5.41. The molecule has 0 aliphatic heterocycles. The number of benzene rings is 2. The van der Waals surface area contributed by atoms with E-state index in [-0.39, 0.29) is 6.61 Å². The van der Waals surface area contributed by atoms with Gasteiger partial charge in [-0.25, -0.2) is 4.79 Å². The Morgan fingerprint density at radius 2 is 1.74 bits per heavy atom. The van der Waals surface area contributed by atoms with Gasteiger partial charge in [0, 0.05) is 12.7 Å². The van der Waals surface area contributed by atoms with Crippen molar-refractivity contribution in [3.63, 3.8) is 0 Å². The molecule has 0 unspecified atom stereocenters. The third-order valence-corrected chi connectivity index (χ3v) is 4.65. The fraction of sp³-hybridized carbons (Fsp3) is 0.333. The summed E-state index contributed by atoms with van der Waals surface area (Å²) in [7, 11) is 5.94. The first-order chi connectivity index (χ1) is 15.0. The van der Waals surface area contributed by atoms with E-state index in [1.807, 2.05) is 50.2 Å². The van der Waals surface area contributed by atoms with Gasteiger partial charge in [0.05, 0.1) is 27.1 Å². The first-order valence-electron chi connectivity index (χ1n) is 9.69. The summed E-state index contributed by atoms with van der Waals surface area (Å²) in [6.07, 6.45) is 1.38. The van der Waals surface area contributed by atoms with Crippen LogP contribution < -0.4 is 4.74 Å². The SMILES string of the molecule is CO/C=C(\C(=O)OC)c1ccccc1COc1cc(C)c(/C(COC)=N/OC)cc1C. The van der Waals surface area contributed by atoms with Crippen LogP contribution in [-0.2, 0) is 30.4 Å². The van der Waals surface area contributed by atoms with Crippen LogP contribution in [-0.4, -0.2) is 46.7 Å². The van der Waals surface area contributed by atoms with Crippen molar-refractivity contribution < 1.29 is 28.6 Å². The number of rotatable bonds is 10. The van der Waals surface area contributed by atoms with Crippen LogP contribution in [0.3, 0.4) is 0 Å². The first-order valence-corrected chi connectivity index (χ1v) is 9.69. The third-order valence-electron chi connectivity index (χ3n) is 4.65. The van der Waals surface area contributed by atoms with Crippen molar-refractivity contribution in [3.05, 3.63) is 70.5 Å². The Morgan fingerprint density at radius 3 is 2.39 bits per heavy atom. The summed E-state index contributed by atoms with van der Waals surface area (Å²) in [5, 5.41) is 4.07. The second-order valence-electron chi connectivity index (χ2n) is 6.79. The molecule has 31 heavy (non-hydrogen) atoms. The molecule has 0 radical (unpaired) electrons. The molecule has 7 nitrogen and oxygen atoms in total. The highest BCUT2D eigenvalue weighted by Crippen LogP contribution is 2.27. The first kappa shape index (κ1) is 24.0. The molecule has 0 aliphatic carbocycles. The van der Waals surface area contributed by atoms with E-state index in [0.717, 1.165) is 28.0 Å². The number of nitrogens with zero attached hydrogens (tertiary/aromatic N) is 1. The van der Waals surface area contributed by atoms with Crippen LogP contribution in [0.25, 0.3) is 5.57 Å². The molecule has 0 atom stereocenters. The molecule has 0 saturated carbocycles. The smallest absolute Gasteiger partial charge is 0.341 e. The Morgan fingerprint density at radius 1 is 1.00 bits per heavy atom. The van der Waals surface area contributed by atoms with E-state index < -0.39 is 5.97 Å². The Bertz CT molecular complexity index is 965. The van der Waals surface area contributed by atoms with Gasteiger partial charge in [0.15, 0.2) is 0 Å². The molecule has 0 aromatic heterocycles. The molecular formula is C24H29NO6. The van der Waals surface area contributed by atoms with E-state index in [1.54, 1.807) is 7.11 Å². The maximum absolute atomic E-state index is 12.2. The molecule has 0 spiro atoms. The number of hydrogen-bond donors (Lipinski definition) is 0. The van der Waals surface area contributed by atoms with E-state index in [4.69, 9.17) is 23.8 Å². The van der Waals surface area contributed by atoms with E-state index >= 15 is 0 Å². The topological polar surface area (TPSA) is 75.6 Å². The molecule has 2 aromatic rings. The van der Waals surface area contributed by atoms with Crippen molar-refractivity contribution in [2.24, 2.45) is 5.16 Å². The molecule has 2 aromatic carbocycles. The second kappa shape index (κ2) is 11.8. The Hall–Kier alpha value is -3.32. The van der Waals surface area contributed by atoms with Crippen molar-refractivity contribution in [2.75, 3.05) is 35.0 Å². The van der Waals surface area contributed by atoms with Gasteiger partial charge < -0.3 is 23.8 Å².